The second kappa shape index (κ2) is 7.42. The molecule has 23 heavy (non-hydrogen) atoms. The van der Waals surface area contributed by atoms with E-state index in [-0.39, 0.29) is 12.2 Å². The Kier molecular flexibility index (Phi) is 5.55. The third kappa shape index (κ3) is 4.66. The highest BCUT2D eigenvalue weighted by Gasteiger charge is 2.15. The van der Waals surface area contributed by atoms with Gasteiger partial charge in [-0.25, -0.2) is 8.78 Å². The summed E-state index contributed by atoms with van der Waals surface area (Å²) in [5.41, 5.74) is 1.15. The van der Waals surface area contributed by atoms with Gasteiger partial charge in [0.1, 0.15) is 17.4 Å². The van der Waals surface area contributed by atoms with Gasteiger partial charge in [-0.2, -0.15) is 0 Å². The maximum absolute atomic E-state index is 13.7. The molecule has 0 fully saturated rings. The lowest BCUT2D eigenvalue weighted by Gasteiger charge is -2.16. The highest BCUT2D eigenvalue weighted by molar-refractivity contribution is 6.32. The zero-order chi connectivity index (χ0) is 17.0. The number of rotatable bonds is 5. The number of aryl methyl sites for hydroxylation is 1. The third-order valence-electron chi connectivity index (χ3n) is 3.25. The van der Waals surface area contributed by atoms with Crippen LogP contribution in [0.5, 0.6) is 5.75 Å². The minimum absolute atomic E-state index is 0.202. The first-order valence-corrected chi connectivity index (χ1v) is 7.38. The van der Waals surface area contributed by atoms with Crippen molar-refractivity contribution in [1.82, 2.24) is 5.32 Å². The number of hydrogen-bond acceptors (Lipinski definition) is 2. The van der Waals surface area contributed by atoms with E-state index in [1.165, 1.54) is 6.07 Å². The van der Waals surface area contributed by atoms with E-state index in [1.807, 2.05) is 13.0 Å². The molecule has 3 nitrogen and oxygen atoms in total. The van der Waals surface area contributed by atoms with Crippen molar-refractivity contribution in [1.29, 1.82) is 0 Å². The van der Waals surface area contributed by atoms with Crippen LogP contribution >= 0.6 is 11.6 Å². The smallest absolute Gasteiger partial charge is 0.258 e. The van der Waals surface area contributed by atoms with Crippen LogP contribution in [0.3, 0.4) is 0 Å². The van der Waals surface area contributed by atoms with Gasteiger partial charge >= 0.3 is 0 Å². The standard InChI is InChI=1S/C17H16ClF2NO2/c1-10-3-6-14(18)16(7-10)23-9-17(22)21-11(2)13-5-4-12(19)8-15(13)20/h3-8,11H,9H2,1-2H3,(H,21,22)/t11-/m1/s1. The lowest BCUT2D eigenvalue weighted by molar-refractivity contribution is -0.123. The van der Waals surface area contributed by atoms with E-state index in [1.54, 1.807) is 19.1 Å². The van der Waals surface area contributed by atoms with Crippen molar-refractivity contribution in [3.8, 4) is 5.75 Å². The molecule has 1 N–H and O–H groups in total. The summed E-state index contributed by atoms with van der Waals surface area (Å²) in [6.45, 7) is 3.23. The third-order valence-corrected chi connectivity index (χ3v) is 3.56. The van der Waals surface area contributed by atoms with Crippen molar-refractivity contribution in [2.45, 2.75) is 19.9 Å². The van der Waals surface area contributed by atoms with Gasteiger partial charge in [-0.05, 0) is 37.6 Å². The van der Waals surface area contributed by atoms with Crippen LogP contribution < -0.4 is 10.1 Å². The number of carbonyl (C=O) groups excluding carboxylic acids is 1. The van der Waals surface area contributed by atoms with Crippen LogP contribution in [-0.2, 0) is 4.79 Å². The first-order chi connectivity index (χ1) is 10.9. The van der Waals surface area contributed by atoms with E-state index in [2.05, 4.69) is 5.32 Å². The van der Waals surface area contributed by atoms with Crippen LogP contribution in [-0.4, -0.2) is 12.5 Å². The Hall–Kier alpha value is -2.14. The van der Waals surface area contributed by atoms with Crippen molar-refractivity contribution < 1.29 is 18.3 Å². The van der Waals surface area contributed by atoms with Gasteiger partial charge in [-0.3, -0.25) is 4.79 Å². The van der Waals surface area contributed by atoms with E-state index in [9.17, 15) is 13.6 Å². The molecule has 0 aliphatic rings. The fraction of sp³-hybridized carbons (Fsp3) is 0.235. The molecule has 1 atom stereocenters. The summed E-state index contributed by atoms with van der Waals surface area (Å²) in [5, 5.41) is 3.00. The summed E-state index contributed by atoms with van der Waals surface area (Å²) in [7, 11) is 0. The molecule has 6 heteroatoms. The van der Waals surface area contributed by atoms with Crippen molar-refractivity contribution in [2.24, 2.45) is 0 Å². The number of ether oxygens (including phenoxy) is 1. The van der Waals surface area contributed by atoms with Crippen molar-refractivity contribution in [2.75, 3.05) is 6.61 Å². The zero-order valence-corrected chi connectivity index (χ0v) is 13.5. The quantitative estimate of drug-likeness (QED) is 0.887. The molecule has 122 valence electrons. The van der Waals surface area contributed by atoms with Gasteiger partial charge in [0.05, 0.1) is 11.1 Å². The summed E-state index contributed by atoms with van der Waals surface area (Å²) >= 11 is 5.98. The van der Waals surface area contributed by atoms with E-state index in [0.29, 0.717) is 10.8 Å². The average molecular weight is 340 g/mol. The lowest BCUT2D eigenvalue weighted by Crippen LogP contribution is -2.31. The van der Waals surface area contributed by atoms with E-state index >= 15 is 0 Å². The largest absolute Gasteiger partial charge is 0.482 e. The Labute approximate surface area is 138 Å². The highest BCUT2D eigenvalue weighted by atomic mass is 35.5. The Bertz CT molecular complexity index is 722. The first-order valence-electron chi connectivity index (χ1n) is 7.00. The van der Waals surface area contributed by atoms with Crippen molar-refractivity contribution >= 4 is 17.5 Å². The Morgan fingerprint density at radius 3 is 2.70 bits per heavy atom. The lowest BCUT2D eigenvalue weighted by atomic mass is 10.1. The first kappa shape index (κ1) is 17.2. The fourth-order valence-electron chi connectivity index (χ4n) is 2.08. The number of benzene rings is 2. The molecule has 1 amide bonds. The van der Waals surface area contributed by atoms with Crippen LogP contribution in [0, 0.1) is 18.6 Å². The Morgan fingerprint density at radius 2 is 2.00 bits per heavy atom. The van der Waals surface area contributed by atoms with Gasteiger partial charge < -0.3 is 10.1 Å². The molecule has 2 aromatic rings. The molecule has 2 rings (SSSR count). The van der Waals surface area contributed by atoms with Gasteiger partial charge in [-0.15, -0.1) is 0 Å². The minimum atomic E-state index is -0.708. The number of nitrogens with one attached hydrogen (secondary N) is 1. The average Bonchev–Trinajstić information content (AvgIpc) is 2.48. The van der Waals surface area contributed by atoms with Gasteiger partial charge in [0.15, 0.2) is 6.61 Å². The molecule has 2 aromatic carbocycles. The second-order valence-electron chi connectivity index (χ2n) is 5.18. The highest BCUT2D eigenvalue weighted by Crippen LogP contribution is 2.25. The minimum Gasteiger partial charge on any atom is -0.482 e. The van der Waals surface area contributed by atoms with Gasteiger partial charge in [0, 0.05) is 11.6 Å². The van der Waals surface area contributed by atoms with Crippen LogP contribution in [0.4, 0.5) is 8.78 Å². The Balaban J connectivity index is 1.95. The summed E-state index contributed by atoms with van der Waals surface area (Å²) in [5.74, 6) is -1.40. The molecule has 0 unspecified atom stereocenters. The van der Waals surface area contributed by atoms with E-state index in [0.717, 1.165) is 17.7 Å². The summed E-state index contributed by atoms with van der Waals surface area (Å²) in [6, 6.07) is 7.84. The summed E-state index contributed by atoms with van der Waals surface area (Å²) < 4.78 is 31.9. The molecule has 0 spiro atoms. The maximum Gasteiger partial charge on any atom is 0.258 e. The second-order valence-corrected chi connectivity index (χ2v) is 5.58. The summed E-state index contributed by atoms with van der Waals surface area (Å²) in [4.78, 5) is 11.9. The van der Waals surface area contributed by atoms with Gasteiger partial charge in [0.2, 0.25) is 0 Å². The molecule has 0 aliphatic heterocycles. The molecular formula is C17H16ClF2NO2. The number of halogens is 3. The number of hydrogen-bond donors (Lipinski definition) is 1. The Morgan fingerprint density at radius 1 is 1.26 bits per heavy atom. The monoisotopic (exact) mass is 339 g/mol. The number of amides is 1. The molecule has 0 aromatic heterocycles. The molecule has 0 saturated heterocycles. The van der Waals surface area contributed by atoms with Crippen molar-refractivity contribution in [3.63, 3.8) is 0 Å². The van der Waals surface area contributed by atoms with E-state index < -0.39 is 23.6 Å². The van der Waals surface area contributed by atoms with Crippen LogP contribution in [0.1, 0.15) is 24.1 Å². The number of carbonyl (C=O) groups is 1. The van der Waals surface area contributed by atoms with E-state index in [4.69, 9.17) is 16.3 Å². The van der Waals surface area contributed by atoms with Gasteiger partial charge in [-0.1, -0.05) is 23.7 Å². The predicted molar refractivity (Wildman–Crippen MR) is 84.6 cm³/mol. The van der Waals surface area contributed by atoms with Crippen LogP contribution in [0.2, 0.25) is 5.02 Å². The van der Waals surface area contributed by atoms with Crippen LogP contribution in [0.15, 0.2) is 36.4 Å². The molecule has 0 heterocycles. The fourth-order valence-corrected chi connectivity index (χ4v) is 2.25. The molecule has 0 radical (unpaired) electrons. The predicted octanol–water partition coefficient (Wildman–Crippen LogP) is 4.18. The molecule has 0 saturated carbocycles. The summed E-state index contributed by atoms with van der Waals surface area (Å²) in [6.07, 6.45) is 0. The molecular weight excluding hydrogens is 324 g/mol. The van der Waals surface area contributed by atoms with Gasteiger partial charge in [0.25, 0.3) is 5.91 Å². The molecule has 0 aliphatic carbocycles. The normalized spacial score (nSPS) is 11.9. The van der Waals surface area contributed by atoms with Crippen LogP contribution in [0.25, 0.3) is 0 Å². The maximum atomic E-state index is 13.7. The van der Waals surface area contributed by atoms with Crippen molar-refractivity contribution in [3.05, 3.63) is 64.2 Å². The topological polar surface area (TPSA) is 38.3 Å². The SMILES string of the molecule is Cc1ccc(Cl)c(OCC(=O)N[C@H](C)c2ccc(F)cc2F)c1. The molecule has 0 bridgehead atoms. The zero-order valence-electron chi connectivity index (χ0n) is 12.7.